The molecule has 1 aromatic rings. The van der Waals surface area contributed by atoms with Crippen LogP contribution in [0.5, 0.6) is 0 Å². The van der Waals surface area contributed by atoms with Crippen molar-refractivity contribution in [2.45, 2.75) is 19.8 Å². The molecule has 0 bridgehead atoms. The van der Waals surface area contributed by atoms with Gasteiger partial charge in [-0.25, -0.2) is 4.39 Å². The predicted octanol–water partition coefficient (Wildman–Crippen LogP) is 3.09. The predicted molar refractivity (Wildman–Crippen MR) is 56.4 cm³/mol. The lowest BCUT2D eigenvalue weighted by Gasteiger charge is -2.06. The molecule has 0 atom stereocenters. The van der Waals surface area contributed by atoms with Gasteiger partial charge in [0.1, 0.15) is 5.82 Å². The van der Waals surface area contributed by atoms with E-state index in [1.54, 1.807) is 0 Å². The highest BCUT2D eigenvalue weighted by Crippen LogP contribution is 2.24. The van der Waals surface area contributed by atoms with Crippen molar-refractivity contribution in [1.82, 2.24) is 0 Å². The summed E-state index contributed by atoms with van der Waals surface area (Å²) in [5.41, 5.74) is -0.762. The minimum absolute atomic E-state index is 0.0402. The summed E-state index contributed by atoms with van der Waals surface area (Å²) in [6, 6.07) is 1.40. The van der Waals surface area contributed by atoms with Crippen molar-refractivity contribution >= 4 is 11.4 Å². The number of nitro groups is 1. The van der Waals surface area contributed by atoms with Gasteiger partial charge in [0.05, 0.1) is 10.6 Å². The van der Waals surface area contributed by atoms with Crippen molar-refractivity contribution in [1.29, 1.82) is 0 Å². The summed E-state index contributed by atoms with van der Waals surface area (Å²) in [5, 5.41) is 13.1. The molecule has 6 heteroatoms. The Balaban J connectivity index is 2.91. The van der Waals surface area contributed by atoms with Crippen molar-refractivity contribution in [3.8, 4) is 0 Å². The molecule has 0 unspecified atom stereocenters. The minimum atomic E-state index is -1.16. The molecule has 16 heavy (non-hydrogen) atoms. The van der Waals surface area contributed by atoms with Gasteiger partial charge < -0.3 is 5.32 Å². The molecular weight excluding hydrogens is 218 g/mol. The van der Waals surface area contributed by atoms with E-state index in [0.29, 0.717) is 12.6 Å². The highest BCUT2D eigenvalue weighted by atomic mass is 19.1. The van der Waals surface area contributed by atoms with Crippen LogP contribution in [-0.2, 0) is 0 Å². The number of nitro benzene ring substituents is 1. The zero-order valence-electron chi connectivity index (χ0n) is 8.80. The van der Waals surface area contributed by atoms with Crippen LogP contribution in [0.4, 0.5) is 20.2 Å². The summed E-state index contributed by atoms with van der Waals surface area (Å²) in [6.45, 7) is 2.46. The summed E-state index contributed by atoms with van der Waals surface area (Å²) in [6.07, 6.45) is 1.72. The standard InChI is InChI=1S/C10H12F2N2O2/c1-2-3-4-13-9-6-10(14(15)16)8(12)5-7(9)11/h5-6,13H,2-4H2,1H3. The fourth-order valence-electron chi connectivity index (χ4n) is 1.21. The van der Waals surface area contributed by atoms with Gasteiger partial charge in [-0.3, -0.25) is 10.1 Å². The van der Waals surface area contributed by atoms with E-state index in [0.717, 1.165) is 18.9 Å². The van der Waals surface area contributed by atoms with E-state index < -0.39 is 22.2 Å². The average Bonchev–Trinajstić information content (AvgIpc) is 2.21. The normalized spacial score (nSPS) is 10.2. The highest BCUT2D eigenvalue weighted by Gasteiger charge is 2.17. The summed E-state index contributed by atoms with van der Waals surface area (Å²) in [7, 11) is 0. The average molecular weight is 230 g/mol. The van der Waals surface area contributed by atoms with Crippen LogP contribution in [0.1, 0.15) is 19.8 Å². The molecule has 0 spiro atoms. The van der Waals surface area contributed by atoms with Crippen LogP contribution in [-0.4, -0.2) is 11.5 Å². The van der Waals surface area contributed by atoms with E-state index in [1.807, 2.05) is 6.92 Å². The maximum absolute atomic E-state index is 13.2. The Morgan fingerprint density at radius 1 is 1.38 bits per heavy atom. The third-order valence-corrected chi connectivity index (χ3v) is 2.08. The van der Waals surface area contributed by atoms with E-state index in [1.165, 1.54) is 0 Å². The lowest BCUT2D eigenvalue weighted by molar-refractivity contribution is -0.387. The molecule has 1 rings (SSSR count). The Morgan fingerprint density at radius 3 is 2.62 bits per heavy atom. The van der Waals surface area contributed by atoms with E-state index in [2.05, 4.69) is 5.32 Å². The maximum Gasteiger partial charge on any atom is 0.307 e. The molecule has 0 saturated heterocycles. The fourth-order valence-corrected chi connectivity index (χ4v) is 1.21. The van der Waals surface area contributed by atoms with Crippen LogP contribution in [0.15, 0.2) is 12.1 Å². The molecule has 0 radical (unpaired) electrons. The second-order valence-electron chi connectivity index (χ2n) is 3.32. The van der Waals surface area contributed by atoms with Crippen LogP contribution >= 0.6 is 0 Å². The molecule has 1 aromatic carbocycles. The first-order chi connectivity index (χ1) is 7.56. The number of nitrogens with zero attached hydrogens (tertiary/aromatic N) is 1. The highest BCUT2D eigenvalue weighted by molar-refractivity contribution is 5.53. The van der Waals surface area contributed by atoms with Gasteiger partial charge in [0, 0.05) is 18.7 Å². The first-order valence-electron chi connectivity index (χ1n) is 4.93. The van der Waals surface area contributed by atoms with Gasteiger partial charge in [-0.05, 0) is 6.42 Å². The van der Waals surface area contributed by atoms with Crippen LogP contribution < -0.4 is 5.32 Å². The smallest absolute Gasteiger partial charge is 0.307 e. The number of halogens is 2. The molecule has 0 amide bonds. The largest absolute Gasteiger partial charge is 0.382 e. The SMILES string of the molecule is CCCCNc1cc([N+](=O)[O-])c(F)cc1F. The number of hydrogen-bond donors (Lipinski definition) is 1. The number of hydrogen-bond acceptors (Lipinski definition) is 3. The summed E-state index contributed by atoms with van der Waals surface area (Å²) < 4.78 is 26.2. The molecule has 0 aromatic heterocycles. The second kappa shape index (κ2) is 5.39. The van der Waals surface area contributed by atoms with Crippen molar-refractivity contribution in [3.05, 3.63) is 33.9 Å². The van der Waals surface area contributed by atoms with Crippen LogP contribution in [0.25, 0.3) is 0 Å². The Kier molecular flexibility index (Phi) is 4.16. The van der Waals surface area contributed by atoms with E-state index in [9.17, 15) is 18.9 Å². The van der Waals surface area contributed by atoms with E-state index in [4.69, 9.17) is 0 Å². The van der Waals surface area contributed by atoms with Gasteiger partial charge in [0.15, 0.2) is 0 Å². The van der Waals surface area contributed by atoms with Gasteiger partial charge in [0.2, 0.25) is 5.82 Å². The van der Waals surface area contributed by atoms with Crippen LogP contribution in [0.3, 0.4) is 0 Å². The molecule has 0 saturated carbocycles. The molecule has 0 aliphatic rings. The van der Waals surface area contributed by atoms with Gasteiger partial charge in [-0.15, -0.1) is 0 Å². The second-order valence-corrected chi connectivity index (χ2v) is 3.32. The van der Waals surface area contributed by atoms with Gasteiger partial charge in [-0.1, -0.05) is 13.3 Å². The minimum Gasteiger partial charge on any atom is -0.382 e. The topological polar surface area (TPSA) is 55.2 Å². The Morgan fingerprint density at radius 2 is 2.06 bits per heavy atom. The van der Waals surface area contributed by atoms with Crippen molar-refractivity contribution in [2.24, 2.45) is 0 Å². The van der Waals surface area contributed by atoms with Crippen LogP contribution in [0.2, 0.25) is 0 Å². The molecule has 0 fully saturated rings. The molecule has 1 N–H and O–H groups in total. The molecule has 0 aliphatic heterocycles. The Labute approximate surface area is 91.4 Å². The Hall–Kier alpha value is -1.72. The summed E-state index contributed by atoms with van der Waals surface area (Å²) >= 11 is 0. The number of nitrogens with one attached hydrogen (secondary N) is 1. The molecule has 0 aliphatic carbocycles. The lowest BCUT2D eigenvalue weighted by atomic mass is 10.2. The van der Waals surface area contributed by atoms with Gasteiger partial charge >= 0.3 is 5.69 Å². The fraction of sp³-hybridized carbons (Fsp3) is 0.400. The lowest BCUT2D eigenvalue weighted by Crippen LogP contribution is -2.04. The first-order valence-corrected chi connectivity index (χ1v) is 4.93. The molecule has 88 valence electrons. The number of unbranched alkanes of at least 4 members (excludes halogenated alkanes) is 1. The first kappa shape index (κ1) is 12.4. The van der Waals surface area contributed by atoms with E-state index in [-0.39, 0.29) is 5.69 Å². The molecular formula is C10H12F2N2O2. The summed E-state index contributed by atoms with van der Waals surface area (Å²) in [4.78, 5) is 9.56. The number of rotatable bonds is 5. The summed E-state index contributed by atoms with van der Waals surface area (Å²) in [5.74, 6) is -1.98. The molecule has 4 nitrogen and oxygen atoms in total. The third-order valence-electron chi connectivity index (χ3n) is 2.08. The van der Waals surface area contributed by atoms with Crippen molar-refractivity contribution < 1.29 is 13.7 Å². The van der Waals surface area contributed by atoms with Crippen molar-refractivity contribution in [3.63, 3.8) is 0 Å². The van der Waals surface area contributed by atoms with Crippen molar-refractivity contribution in [2.75, 3.05) is 11.9 Å². The third kappa shape index (κ3) is 2.88. The van der Waals surface area contributed by atoms with E-state index >= 15 is 0 Å². The monoisotopic (exact) mass is 230 g/mol. The maximum atomic E-state index is 13.2. The van der Waals surface area contributed by atoms with Gasteiger partial charge in [0.25, 0.3) is 0 Å². The van der Waals surface area contributed by atoms with Gasteiger partial charge in [-0.2, -0.15) is 4.39 Å². The number of benzene rings is 1. The van der Waals surface area contributed by atoms with Crippen LogP contribution in [0, 0.1) is 21.7 Å². The number of anilines is 1. The zero-order valence-corrected chi connectivity index (χ0v) is 8.80. The quantitative estimate of drug-likeness (QED) is 0.480. The Bertz CT molecular complexity index is 397. The molecule has 0 heterocycles. The zero-order chi connectivity index (χ0) is 12.1.